The first kappa shape index (κ1) is 14.4. The SMILES string of the molecule is NC(=[NH2+])SCc1cc(Br)cc(CSC(N)=[NH2+])c1. The van der Waals surface area contributed by atoms with Crippen LogP contribution in [0.5, 0.6) is 0 Å². The Balaban J connectivity index is 2.71. The molecule has 8 N–H and O–H groups in total. The predicted molar refractivity (Wildman–Crippen MR) is 79.0 cm³/mol. The number of thioether (sulfide) groups is 2. The molecule has 7 heteroatoms. The molecule has 0 atom stereocenters. The minimum Gasteiger partial charge on any atom is -0.282 e. The Morgan fingerprint density at radius 1 is 1.00 bits per heavy atom. The van der Waals surface area contributed by atoms with Gasteiger partial charge in [-0.25, -0.2) is 0 Å². The van der Waals surface area contributed by atoms with E-state index < -0.39 is 0 Å². The lowest BCUT2D eigenvalue weighted by atomic mass is 10.2. The molecule has 0 aliphatic heterocycles. The average Bonchev–Trinajstić information content (AvgIpc) is 2.23. The Hall–Kier alpha value is -0.660. The van der Waals surface area contributed by atoms with Crippen LogP contribution in [0.15, 0.2) is 22.7 Å². The number of rotatable bonds is 4. The third kappa shape index (κ3) is 5.99. The van der Waals surface area contributed by atoms with E-state index in [1.807, 2.05) is 12.1 Å². The molecular weight excluding hydrogens is 320 g/mol. The minimum atomic E-state index is 0.375. The van der Waals surface area contributed by atoms with Crippen molar-refractivity contribution in [1.29, 1.82) is 0 Å². The summed E-state index contributed by atoms with van der Waals surface area (Å²) in [6, 6.07) is 6.18. The van der Waals surface area contributed by atoms with E-state index in [0.29, 0.717) is 10.3 Å². The maximum absolute atomic E-state index is 5.42. The van der Waals surface area contributed by atoms with Gasteiger partial charge in [-0.15, -0.1) is 0 Å². The number of halogens is 1. The molecule has 0 amide bonds. The fourth-order valence-electron chi connectivity index (χ4n) is 1.22. The van der Waals surface area contributed by atoms with Gasteiger partial charge in [0.2, 0.25) is 0 Å². The highest BCUT2D eigenvalue weighted by Crippen LogP contribution is 2.22. The Morgan fingerprint density at radius 2 is 1.41 bits per heavy atom. The monoisotopic (exact) mass is 334 g/mol. The lowest BCUT2D eigenvalue weighted by molar-refractivity contribution is -0.110. The van der Waals surface area contributed by atoms with Gasteiger partial charge >= 0.3 is 0 Å². The van der Waals surface area contributed by atoms with Crippen LogP contribution in [0.25, 0.3) is 0 Å². The van der Waals surface area contributed by atoms with Gasteiger partial charge in [0.05, 0.1) is 0 Å². The highest BCUT2D eigenvalue weighted by Gasteiger charge is 2.05. The van der Waals surface area contributed by atoms with E-state index in [1.54, 1.807) is 0 Å². The highest BCUT2D eigenvalue weighted by atomic mass is 79.9. The number of benzene rings is 1. The predicted octanol–water partition coefficient (Wildman–Crippen LogP) is -0.937. The topological polar surface area (TPSA) is 103 Å². The molecule has 0 aliphatic rings. The van der Waals surface area contributed by atoms with Crippen LogP contribution >= 0.6 is 39.5 Å². The summed E-state index contributed by atoms with van der Waals surface area (Å²) < 4.78 is 1.03. The van der Waals surface area contributed by atoms with Crippen LogP contribution in [0.2, 0.25) is 0 Å². The van der Waals surface area contributed by atoms with Crippen molar-refractivity contribution in [3.8, 4) is 0 Å². The molecule has 17 heavy (non-hydrogen) atoms. The zero-order valence-corrected chi connectivity index (χ0v) is 12.4. The maximum atomic E-state index is 5.42. The van der Waals surface area contributed by atoms with Crippen molar-refractivity contribution in [3.05, 3.63) is 33.8 Å². The smallest absolute Gasteiger partial charge is 0.282 e. The standard InChI is InChI=1S/C10H13BrN4S2/c11-8-2-6(4-16-9(12)13)1-7(3-8)5-17-10(14)15/h1-3H,4-5H2,(H3,12,13)(H3,14,15)/p+2. The van der Waals surface area contributed by atoms with Crippen molar-refractivity contribution in [2.75, 3.05) is 0 Å². The Kier molecular flexibility index (Phi) is 5.87. The molecule has 0 heterocycles. The molecule has 0 bridgehead atoms. The third-order valence-electron chi connectivity index (χ3n) is 1.83. The molecule has 1 aromatic carbocycles. The van der Waals surface area contributed by atoms with Gasteiger partial charge in [-0.05, 0) is 46.8 Å². The van der Waals surface area contributed by atoms with Gasteiger partial charge in [-0.3, -0.25) is 22.3 Å². The fourth-order valence-corrected chi connectivity index (χ4v) is 2.81. The van der Waals surface area contributed by atoms with E-state index in [9.17, 15) is 0 Å². The molecule has 4 nitrogen and oxygen atoms in total. The second kappa shape index (κ2) is 6.93. The summed E-state index contributed by atoms with van der Waals surface area (Å²) in [4.78, 5) is 0. The van der Waals surface area contributed by atoms with Crippen LogP contribution in [0.3, 0.4) is 0 Å². The van der Waals surface area contributed by atoms with Crippen molar-refractivity contribution in [3.63, 3.8) is 0 Å². The molecule has 0 fully saturated rings. The van der Waals surface area contributed by atoms with Gasteiger partial charge in [-0.1, -0.05) is 22.0 Å². The lowest BCUT2D eigenvalue weighted by Crippen LogP contribution is -2.43. The summed E-state index contributed by atoms with van der Waals surface area (Å²) >= 11 is 6.30. The highest BCUT2D eigenvalue weighted by molar-refractivity contribution is 9.10. The van der Waals surface area contributed by atoms with Gasteiger partial charge < -0.3 is 0 Å². The van der Waals surface area contributed by atoms with E-state index in [0.717, 1.165) is 27.1 Å². The number of amidine groups is 2. The summed E-state index contributed by atoms with van der Waals surface area (Å²) in [5.41, 5.74) is 13.2. The molecule has 0 aliphatic carbocycles. The molecule has 92 valence electrons. The van der Waals surface area contributed by atoms with Crippen molar-refractivity contribution in [2.24, 2.45) is 11.5 Å². The zero-order valence-electron chi connectivity index (χ0n) is 9.15. The first-order chi connectivity index (χ1) is 7.97. The maximum Gasteiger partial charge on any atom is 0.300 e. The van der Waals surface area contributed by atoms with E-state index >= 15 is 0 Å². The molecule has 1 rings (SSSR count). The van der Waals surface area contributed by atoms with Crippen LogP contribution in [-0.2, 0) is 11.5 Å². The van der Waals surface area contributed by atoms with Gasteiger partial charge in [0.1, 0.15) is 0 Å². The van der Waals surface area contributed by atoms with Crippen LogP contribution < -0.4 is 22.3 Å². The third-order valence-corrected chi connectivity index (χ3v) is 3.91. The molecule has 0 saturated heterocycles. The van der Waals surface area contributed by atoms with E-state index in [2.05, 4.69) is 22.0 Å². The summed E-state index contributed by atoms with van der Waals surface area (Å²) in [5, 5.41) is 11.6. The van der Waals surface area contributed by atoms with Gasteiger partial charge in [-0.2, -0.15) is 0 Å². The van der Waals surface area contributed by atoms with Crippen molar-refractivity contribution in [2.45, 2.75) is 11.5 Å². The molecule has 0 radical (unpaired) electrons. The summed E-state index contributed by atoms with van der Waals surface area (Å²) in [6.07, 6.45) is 0. The van der Waals surface area contributed by atoms with Crippen LogP contribution in [0, 0.1) is 0 Å². The van der Waals surface area contributed by atoms with Gasteiger partial charge in [0.15, 0.2) is 0 Å². The van der Waals surface area contributed by atoms with Crippen molar-refractivity contribution in [1.82, 2.24) is 0 Å². The summed E-state index contributed by atoms with van der Waals surface area (Å²) in [7, 11) is 0. The minimum absolute atomic E-state index is 0.375. The lowest BCUT2D eigenvalue weighted by Gasteiger charge is -2.04. The van der Waals surface area contributed by atoms with Crippen LogP contribution in [-0.4, -0.2) is 10.3 Å². The molecule has 1 aromatic rings. The number of hydrogen-bond acceptors (Lipinski definition) is 2. The van der Waals surface area contributed by atoms with Crippen molar-refractivity contribution < 1.29 is 10.8 Å². The second-order valence-corrected chi connectivity index (χ2v) is 6.36. The van der Waals surface area contributed by atoms with E-state index in [-0.39, 0.29) is 0 Å². The molecule has 0 saturated carbocycles. The summed E-state index contributed by atoms with van der Waals surface area (Å²) in [6.45, 7) is 0. The molecular formula is C10H15BrN4S2+2. The van der Waals surface area contributed by atoms with Crippen molar-refractivity contribution >= 4 is 49.8 Å². The Labute approximate surface area is 117 Å². The molecule has 0 aromatic heterocycles. The van der Waals surface area contributed by atoms with Crippen LogP contribution in [0.1, 0.15) is 11.1 Å². The quantitative estimate of drug-likeness (QED) is 0.421. The number of hydrogen-bond donors (Lipinski definition) is 4. The fraction of sp³-hybridized carbons (Fsp3) is 0.200. The number of nitrogens with two attached hydrogens (primary N) is 4. The Morgan fingerprint density at radius 3 is 1.76 bits per heavy atom. The first-order valence-electron chi connectivity index (χ1n) is 4.77. The van der Waals surface area contributed by atoms with Gasteiger partial charge in [0, 0.05) is 16.0 Å². The average molecular weight is 335 g/mol. The van der Waals surface area contributed by atoms with E-state index in [4.69, 9.17) is 22.3 Å². The Bertz CT molecular complexity index is 400. The van der Waals surface area contributed by atoms with Crippen LogP contribution in [0.4, 0.5) is 0 Å². The molecule has 0 spiro atoms. The summed E-state index contributed by atoms with van der Waals surface area (Å²) in [5.74, 6) is 1.50. The second-order valence-electron chi connectivity index (χ2n) is 3.35. The largest absolute Gasteiger partial charge is 0.300 e. The van der Waals surface area contributed by atoms with E-state index in [1.165, 1.54) is 23.5 Å². The molecule has 0 unspecified atom stereocenters. The van der Waals surface area contributed by atoms with Gasteiger partial charge in [0.25, 0.3) is 10.3 Å². The normalized spacial score (nSPS) is 10.2. The first-order valence-corrected chi connectivity index (χ1v) is 7.53. The zero-order chi connectivity index (χ0) is 12.8.